The fourth-order valence-corrected chi connectivity index (χ4v) is 3.17. The van der Waals surface area contributed by atoms with E-state index < -0.39 is 17.8 Å². The summed E-state index contributed by atoms with van der Waals surface area (Å²) in [7, 11) is 0. The molecule has 1 aliphatic carbocycles. The minimum absolute atomic E-state index is 0.0934. The van der Waals surface area contributed by atoms with Crippen LogP contribution < -0.4 is 10.9 Å². The number of rotatable bonds is 6. The van der Waals surface area contributed by atoms with Crippen molar-refractivity contribution >= 4 is 5.82 Å². The number of aromatic amines is 1. The van der Waals surface area contributed by atoms with E-state index in [1.54, 1.807) is 6.92 Å². The number of alkyl halides is 3. The Morgan fingerprint density at radius 3 is 2.86 bits per heavy atom. The third-order valence-corrected chi connectivity index (χ3v) is 4.75. The van der Waals surface area contributed by atoms with Gasteiger partial charge in [-0.25, -0.2) is 4.98 Å². The number of aliphatic hydroxyl groups is 1. The van der Waals surface area contributed by atoms with E-state index in [0.29, 0.717) is 18.0 Å². The fourth-order valence-electron chi connectivity index (χ4n) is 3.17. The van der Waals surface area contributed by atoms with Gasteiger partial charge in [-0.2, -0.15) is 13.2 Å². The van der Waals surface area contributed by atoms with Crippen LogP contribution >= 0.6 is 0 Å². The quantitative estimate of drug-likeness (QED) is 0.629. The molecule has 156 valence electrons. The lowest BCUT2D eigenvalue weighted by Crippen LogP contribution is -2.26. The molecule has 3 N–H and O–H groups in total. The lowest BCUT2D eigenvalue weighted by Gasteiger charge is -2.19. The first-order valence-electron chi connectivity index (χ1n) is 9.33. The summed E-state index contributed by atoms with van der Waals surface area (Å²) in [6, 6.07) is -0.455. The average Bonchev–Trinajstić information content (AvgIpc) is 3.07. The molecule has 2 atom stereocenters. The summed E-state index contributed by atoms with van der Waals surface area (Å²) < 4.78 is 44.2. The van der Waals surface area contributed by atoms with Crippen LogP contribution in [0.3, 0.4) is 0 Å². The SMILES string of the molecule is CC(Nc1nc(C2CCCO2)[nH]c(=O)c1CCO)C1=CC=C(C(F)(F)F)C=C=C1. The van der Waals surface area contributed by atoms with Crippen molar-refractivity contribution in [3.63, 3.8) is 0 Å². The summed E-state index contributed by atoms with van der Waals surface area (Å²) >= 11 is 0. The second kappa shape index (κ2) is 8.82. The lowest BCUT2D eigenvalue weighted by molar-refractivity contribution is -0.0881. The number of nitrogens with one attached hydrogen (secondary N) is 2. The summed E-state index contributed by atoms with van der Waals surface area (Å²) in [5.41, 5.74) is 2.17. The van der Waals surface area contributed by atoms with Crippen LogP contribution in [-0.4, -0.2) is 40.5 Å². The summed E-state index contributed by atoms with van der Waals surface area (Å²) in [5.74, 6) is 0.678. The Morgan fingerprint density at radius 2 is 2.21 bits per heavy atom. The molecular weight excluding hydrogens is 387 g/mol. The van der Waals surface area contributed by atoms with Gasteiger partial charge >= 0.3 is 6.18 Å². The maximum atomic E-state index is 12.9. The van der Waals surface area contributed by atoms with Crippen LogP contribution in [0.5, 0.6) is 0 Å². The number of allylic oxidation sites excluding steroid dienone is 3. The number of hydrogen-bond donors (Lipinski definition) is 3. The third-order valence-electron chi connectivity index (χ3n) is 4.75. The molecule has 0 saturated carbocycles. The predicted octanol–water partition coefficient (Wildman–Crippen LogP) is 3.10. The number of nitrogens with zero attached hydrogens (tertiary/aromatic N) is 1. The highest BCUT2D eigenvalue weighted by Gasteiger charge is 2.31. The molecule has 1 aromatic rings. The Hall–Kier alpha value is -2.61. The maximum absolute atomic E-state index is 12.9. The molecular formula is C20H22F3N3O3. The number of hydrogen-bond acceptors (Lipinski definition) is 5. The van der Waals surface area contributed by atoms with Crippen molar-refractivity contribution in [1.82, 2.24) is 9.97 Å². The first-order chi connectivity index (χ1) is 13.8. The second-order valence-electron chi connectivity index (χ2n) is 6.86. The van der Waals surface area contributed by atoms with Gasteiger partial charge < -0.3 is 20.1 Å². The van der Waals surface area contributed by atoms with Crippen LogP contribution in [0.25, 0.3) is 0 Å². The number of halogens is 3. The molecule has 2 heterocycles. The van der Waals surface area contributed by atoms with E-state index in [4.69, 9.17) is 4.74 Å². The molecule has 1 aromatic heterocycles. The van der Waals surface area contributed by atoms with Gasteiger partial charge in [-0.3, -0.25) is 4.79 Å². The smallest absolute Gasteiger partial charge is 0.396 e. The van der Waals surface area contributed by atoms with Crippen LogP contribution in [0, 0.1) is 0 Å². The maximum Gasteiger partial charge on any atom is 0.417 e. The van der Waals surface area contributed by atoms with Crippen LogP contribution in [0.2, 0.25) is 0 Å². The van der Waals surface area contributed by atoms with Crippen LogP contribution in [0.4, 0.5) is 19.0 Å². The molecule has 0 spiro atoms. The van der Waals surface area contributed by atoms with Gasteiger partial charge in [-0.1, -0.05) is 6.08 Å². The van der Waals surface area contributed by atoms with Gasteiger partial charge in [-0.15, -0.1) is 5.73 Å². The molecule has 9 heteroatoms. The first-order valence-corrected chi connectivity index (χ1v) is 9.33. The topological polar surface area (TPSA) is 87.2 Å². The summed E-state index contributed by atoms with van der Waals surface area (Å²) in [4.78, 5) is 19.7. The normalized spacial score (nSPS) is 20.2. The Morgan fingerprint density at radius 1 is 1.41 bits per heavy atom. The zero-order valence-electron chi connectivity index (χ0n) is 15.8. The minimum atomic E-state index is -4.46. The molecule has 0 aromatic carbocycles. The lowest BCUT2D eigenvalue weighted by atomic mass is 10.1. The highest BCUT2D eigenvalue weighted by Crippen LogP contribution is 2.29. The largest absolute Gasteiger partial charge is 0.417 e. The minimum Gasteiger partial charge on any atom is -0.396 e. The van der Waals surface area contributed by atoms with Gasteiger partial charge in [0.2, 0.25) is 0 Å². The predicted molar refractivity (Wildman–Crippen MR) is 102 cm³/mol. The average molecular weight is 409 g/mol. The van der Waals surface area contributed by atoms with Crippen molar-refractivity contribution in [3.05, 3.63) is 62.9 Å². The van der Waals surface area contributed by atoms with E-state index in [2.05, 4.69) is 21.0 Å². The number of anilines is 1. The van der Waals surface area contributed by atoms with Gasteiger partial charge in [0, 0.05) is 19.6 Å². The van der Waals surface area contributed by atoms with E-state index in [0.717, 1.165) is 25.0 Å². The van der Waals surface area contributed by atoms with Crippen molar-refractivity contribution in [2.45, 2.75) is 44.5 Å². The van der Waals surface area contributed by atoms with E-state index in [1.165, 1.54) is 12.2 Å². The summed E-state index contributed by atoms with van der Waals surface area (Å²) in [6.07, 6.45) is 1.61. The number of aliphatic hydroxyl groups excluding tert-OH is 1. The van der Waals surface area contributed by atoms with Crippen LogP contribution in [-0.2, 0) is 11.2 Å². The third kappa shape index (κ3) is 5.06. The molecule has 1 saturated heterocycles. The van der Waals surface area contributed by atoms with Crippen molar-refractivity contribution in [2.75, 3.05) is 18.5 Å². The number of aromatic nitrogens is 2. The molecule has 2 aliphatic rings. The van der Waals surface area contributed by atoms with Gasteiger partial charge in [0.1, 0.15) is 17.7 Å². The highest BCUT2D eigenvalue weighted by atomic mass is 19.4. The molecule has 2 unspecified atom stereocenters. The fraction of sp³-hybridized carbons (Fsp3) is 0.450. The zero-order valence-corrected chi connectivity index (χ0v) is 15.8. The Kier molecular flexibility index (Phi) is 6.42. The number of H-pyrrole nitrogens is 1. The molecule has 1 fully saturated rings. The molecule has 29 heavy (non-hydrogen) atoms. The molecule has 6 nitrogen and oxygen atoms in total. The highest BCUT2D eigenvalue weighted by molar-refractivity contribution is 5.48. The van der Waals surface area contributed by atoms with E-state index in [-0.39, 0.29) is 36.1 Å². The Labute approximate surface area is 165 Å². The van der Waals surface area contributed by atoms with Crippen molar-refractivity contribution in [1.29, 1.82) is 0 Å². The van der Waals surface area contributed by atoms with Gasteiger partial charge in [-0.05, 0) is 43.6 Å². The van der Waals surface area contributed by atoms with Gasteiger partial charge in [0.05, 0.1) is 17.2 Å². The van der Waals surface area contributed by atoms with Crippen molar-refractivity contribution in [2.24, 2.45) is 0 Å². The van der Waals surface area contributed by atoms with Crippen molar-refractivity contribution in [3.8, 4) is 0 Å². The Balaban J connectivity index is 1.90. The van der Waals surface area contributed by atoms with Gasteiger partial charge in [0.25, 0.3) is 5.56 Å². The van der Waals surface area contributed by atoms with Crippen LogP contribution in [0.15, 0.2) is 46.0 Å². The molecule has 0 bridgehead atoms. The zero-order chi connectivity index (χ0) is 21.0. The first kappa shape index (κ1) is 21.1. The molecule has 1 aliphatic heterocycles. The Bertz CT molecular complexity index is 935. The van der Waals surface area contributed by atoms with E-state index in [9.17, 15) is 23.1 Å². The second-order valence-corrected chi connectivity index (χ2v) is 6.86. The van der Waals surface area contributed by atoms with E-state index in [1.807, 2.05) is 0 Å². The van der Waals surface area contributed by atoms with E-state index >= 15 is 0 Å². The van der Waals surface area contributed by atoms with Gasteiger partial charge in [0.15, 0.2) is 0 Å². The summed E-state index contributed by atoms with van der Waals surface area (Å²) in [5, 5.41) is 12.4. The molecule has 0 radical (unpaired) electrons. The van der Waals surface area contributed by atoms with Crippen molar-refractivity contribution < 1.29 is 23.0 Å². The monoisotopic (exact) mass is 409 g/mol. The standard InChI is InChI=1S/C20H22F3N3O3/c1-12(13-4-2-5-14(8-7-13)20(21,22)23)24-17-15(9-10-27)19(28)26-18(25-17)16-6-3-11-29-16/h4-5,7-8,12,16,27H,3,6,9-11H2,1H3,(H2,24,25,26,28). The number of ether oxygens (including phenoxy) is 1. The van der Waals surface area contributed by atoms with Crippen LogP contribution in [0.1, 0.15) is 37.3 Å². The molecule has 3 rings (SSSR count). The summed E-state index contributed by atoms with van der Waals surface area (Å²) in [6.45, 7) is 2.09. The molecule has 0 amide bonds.